The Hall–Kier alpha value is -2.14. The summed E-state index contributed by atoms with van der Waals surface area (Å²) >= 11 is 6.00. The van der Waals surface area contributed by atoms with Crippen molar-refractivity contribution < 1.29 is 4.79 Å². The summed E-state index contributed by atoms with van der Waals surface area (Å²) in [7, 11) is 1.78. The molecule has 0 aliphatic heterocycles. The van der Waals surface area contributed by atoms with Crippen LogP contribution in [0.15, 0.2) is 30.6 Å². The lowest BCUT2D eigenvalue weighted by atomic mass is 10.2. The van der Waals surface area contributed by atoms with Gasteiger partial charge in [-0.1, -0.05) is 31.0 Å². The number of nitrogens with zero attached hydrogens (tertiary/aromatic N) is 3. The van der Waals surface area contributed by atoms with Crippen LogP contribution < -0.4 is 5.32 Å². The van der Waals surface area contributed by atoms with E-state index in [1.165, 1.54) is 6.20 Å². The molecule has 0 saturated carbocycles. The molecule has 1 heterocycles. The fourth-order valence-corrected chi connectivity index (χ4v) is 2.23. The van der Waals surface area contributed by atoms with Gasteiger partial charge in [-0.2, -0.15) is 0 Å². The average Bonchev–Trinajstić information content (AvgIpc) is 2.56. The molecule has 6 heteroatoms. The molecule has 0 aliphatic rings. The van der Waals surface area contributed by atoms with E-state index in [0.717, 1.165) is 30.6 Å². The lowest BCUT2D eigenvalue weighted by Gasteiger charge is -2.16. The zero-order chi connectivity index (χ0) is 16.8. The van der Waals surface area contributed by atoms with Crippen LogP contribution in [0.3, 0.4) is 0 Å². The number of hydrogen-bond donors (Lipinski definition) is 1. The number of unbranched alkanes of at least 4 members (excludes halogenated alkanes) is 1. The molecule has 0 fully saturated rings. The van der Waals surface area contributed by atoms with E-state index in [1.54, 1.807) is 18.1 Å². The Morgan fingerprint density at radius 1 is 1.30 bits per heavy atom. The van der Waals surface area contributed by atoms with Gasteiger partial charge in [-0.25, -0.2) is 9.97 Å². The molecular formula is C17H21ClN4O. The largest absolute Gasteiger partial charge is 0.340 e. The van der Waals surface area contributed by atoms with Crippen LogP contribution in [-0.2, 0) is 0 Å². The summed E-state index contributed by atoms with van der Waals surface area (Å²) in [5.41, 5.74) is 2.26. The van der Waals surface area contributed by atoms with E-state index in [0.29, 0.717) is 16.5 Å². The molecule has 1 amide bonds. The van der Waals surface area contributed by atoms with E-state index in [-0.39, 0.29) is 5.91 Å². The smallest absolute Gasteiger partial charge is 0.273 e. The van der Waals surface area contributed by atoms with E-state index < -0.39 is 0 Å². The maximum atomic E-state index is 12.2. The van der Waals surface area contributed by atoms with Gasteiger partial charge in [0.25, 0.3) is 5.91 Å². The minimum Gasteiger partial charge on any atom is -0.340 e. The first-order chi connectivity index (χ1) is 11.0. The van der Waals surface area contributed by atoms with Crippen molar-refractivity contribution in [1.29, 1.82) is 0 Å². The Bertz CT molecular complexity index is 673. The number of rotatable bonds is 6. The highest BCUT2D eigenvalue weighted by Gasteiger charge is 2.13. The lowest BCUT2D eigenvalue weighted by molar-refractivity contribution is 0.0787. The number of anilines is 2. The Balaban J connectivity index is 2.07. The number of amides is 1. The number of halogens is 1. The van der Waals surface area contributed by atoms with E-state index in [9.17, 15) is 4.79 Å². The van der Waals surface area contributed by atoms with Gasteiger partial charge in [-0.05, 0) is 31.0 Å². The van der Waals surface area contributed by atoms with Crippen molar-refractivity contribution in [3.05, 3.63) is 46.9 Å². The molecule has 0 aliphatic carbocycles. The van der Waals surface area contributed by atoms with Crippen molar-refractivity contribution >= 4 is 29.0 Å². The van der Waals surface area contributed by atoms with Crippen molar-refractivity contribution in [2.24, 2.45) is 0 Å². The predicted molar refractivity (Wildman–Crippen MR) is 93.4 cm³/mol. The summed E-state index contributed by atoms with van der Waals surface area (Å²) in [5, 5.41) is 3.81. The zero-order valence-corrected chi connectivity index (χ0v) is 14.4. The monoisotopic (exact) mass is 332 g/mol. The summed E-state index contributed by atoms with van der Waals surface area (Å²) < 4.78 is 0. The second-order valence-corrected chi connectivity index (χ2v) is 5.89. The molecule has 1 N–H and O–H groups in total. The van der Waals surface area contributed by atoms with Gasteiger partial charge >= 0.3 is 0 Å². The van der Waals surface area contributed by atoms with E-state index in [4.69, 9.17) is 11.6 Å². The average molecular weight is 333 g/mol. The maximum absolute atomic E-state index is 12.2. The highest BCUT2D eigenvalue weighted by molar-refractivity contribution is 6.30. The first-order valence-corrected chi connectivity index (χ1v) is 7.99. The van der Waals surface area contributed by atoms with E-state index in [1.807, 2.05) is 25.1 Å². The lowest BCUT2D eigenvalue weighted by Crippen LogP contribution is -2.28. The van der Waals surface area contributed by atoms with Gasteiger partial charge in [0.05, 0.1) is 12.4 Å². The van der Waals surface area contributed by atoms with Crippen LogP contribution in [0.5, 0.6) is 0 Å². The van der Waals surface area contributed by atoms with Crippen molar-refractivity contribution in [3.63, 3.8) is 0 Å². The molecule has 0 bridgehead atoms. The number of aromatic nitrogens is 2. The molecule has 2 rings (SSSR count). The molecule has 2 aromatic rings. The van der Waals surface area contributed by atoms with Gasteiger partial charge in [0.1, 0.15) is 11.5 Å². The Kier molecular flexibility index (Phi) is 5.93. The molecule has 0 saturated heterocycles. The second kappa shape index (κ2) is 7.92. The second-order valence-electron chi connectivity index (χ2n) is 5.45. The van der Waals surface area contributed by atoms with Gasteiger partial charge in [0, 0.05) is 24.3 Å². The van der Waals surface area contributed by atoms with Gasteiger partial charge < -0.3 is 10.2 Å². The molecule has 1 aromatic carbocycles. The number of hydrogen-bond acceptors (Lipinski definition) is 4. The summed E-state index contributed by atoms with van der Waals surface area (Å²) in [6.45, 7) is 4.79. The van der Waals surface area contributed by atoms with Crippen LogP contribution in [0.4, 0.5) is 11.5 Å². The highest BCUT2D eigenvalue weighted by Crippen LogP contribution is 2.22. The van der Waals surface area contributed by atoms with Crippen LogP contribution in [0.2, 0.25) is 5.02 Å². The topological polar surface area (TPSA) is 58.1 Å². The summed E-state index contributed by atoms with van der Waals surface area (Å²) in [6.07, 6.45) is 5.07. The summed E-state index contributed by atoms with van der Waals surface area (Å²) in [6, 6.07) is 5.59. The summed E-state index contributed by atoms with van der Waals surface area (Å²) in [5.74, 6) is 0.458. The fourth-order valence-electron chi connectivity index (χ4n) is 2.06. The molecule has 122 valence electrons. The van der Waals surface area contributed by atoms with Crippen molar-refractivity contribution in [2.45, 2.75) is 26.7 Å². The third kappa shape index (κ3) is 4.66. The first-order valence-electron chi connectivity index (χ1n) is 7.62. The van der Waals surface area contributed by atoms with Gasteiger partial charge in [0.15, 0.2) is 0 Å². The third-order valence-electron chi connectivity index (χ3n) is 3.53. The Morgan fingerprint density at radius 2 is 2.09 bits per heavy atom. The molecule has 23 heavy (non-hydrogen) atoms. The van der Waals surface area contributed by atoms with Crippen molar-refractivity contribution in [3.8, 4) is 0 Å². The molecular weight excluding hydrogens is 312 g/mol. The van der Waals surface area contributed by atoms with E-state index in [2.05, 4.69) is 22.2 Å². The maximum Gasteiger partial charge on any atom is 0.273 e. The van der Waals surface area contributed by atoms with Crippen LogP contribution >= 0.6 is 11.6 Å². The minimum absolute atomic E-state index is 0.114. The molecule has 5 nitrogen and oxygen atoms in total. The highest BCUT2D eigenvalue weighted by atomic mass is 35.5. The number of benzene rings is 1. The van der Waals surface area contributed by atoms with Crippen molar-refractivity contribution in [1.82, 2.24) is 14.9 Å². The van der Waals surface area contributed by atoms with Crippen LogP contribution in [0.25, 0.3) is 0 Å². The molecule has 0 unspecified atom stereocenters. The van der Waals surface area contributed by atoms with Crippen molar-refractivity contribution in [2.75, 3.05) is 18.9 Å². The van der Waals surface area contributed by atoms with Gasteiger partial charge in [-0.3, -0.25) is 4.79 Å². The number of carbonyl (C=O) groups is 1. The molecule has 0 spiro atoms. The zero-order valence-electron chi connectivity index (χ0n) is 13.6. The van der Waals surface area contributed by atoms with Crippen LogP contribution in [-0.4, -0.2) is 34.4 Å². The predicted octanol–water partition coefficient (Wildman–Crippen LogP) is 4.05. The Morgan fingerprint density at radius 3 is 2.74 bits per heavy atom. The van der Waals surface area contributed by atoms with Crippen LogP contribution in [0, 0.1) is 6.92 Å². The van der Waals surface area contributed by atoms with Crippen LogP contribution in [0.1, 0.15) is 35.8 Å². The molecule has 0 atom stereocenters. The number of carbonyl (C=O) groups excluding carboxylic acids is 1. The van der Waals surface area contributed by atoms with E-state index >= 15 is 0 Å². The number of aryl methyl sites for hydroxylation is 1. The minimum atomic E-state index is -0.114. The van der Waals surface area contributed by atoms with Gasteiger partial charge in [0.2, 0.25) is 0 Å². The summed E-state index contributed by atoms with van der Waals surface area (Å²) in [4.78, 5) is 22.3. The van der Waals surface area contributed by atoms with Gasteiger partial charge in [-0.15, -0.1) is 0 Å². The third-order valence-corrected chi connectivity index (χ3v) is 3.76. The normalized spacial score (nSPS) is 10.4. The molecule has 1 aromatic heterocycles. The first kappa shape index (κ1) is 17.2. The molecule has 0 radical (unpaired) electrons. The standard InChI is InChI=1S/C17H21ClN4O/c1-4-5-8-22(3)17(23)15-10-20-16(11-19-15)21-14-9-13(18)7-6-12(14)2/h6-7,9-11H,4-5,8H2,1-3H3,(H,20,21). The SMILES string of the molecule is CCCCN(C)C(=O)c1cnc(Nc2cc(Cl)ccc2C)cn1. The Labute approximate surface area is 141 Å². The quantitative estimate of drug-likeness (QED) is 0.866. The fraction of sp³-hybridized carbons (Fsp3) is 0.353. The number of nitrogens with one attached hydrogen (secondary N) is 1.